The van der Waals surface area contributed by atoms with Crippen LogP contribution in [0.2, 0.25) is 0 Å². The number of amides is 1. The van der Waals surface area contributed by atoms with Crippen LogP contribution in [0.4, 0.5) is 0 Å². The maximum atomic E-state index is 12.3. The first-order chi connectivity index (χ1) is 8.97. The highest BCUT2D eigenvalue weighted by atomic mass is 79.9. The second kappa shape index (κ2) is 6.07. The average Bonchev–Trinajstić information content (AvgIpc) is 2.66. The number of halogens is 1. The van der Waals surface area contributed by atoms with Crippen molar-refractivity contribution in [1.29, 1.82) is 0 Å². The van der Waals surface area contributed by atoms with E-state index in [4.69, 9.17) is 4.74 Å². The molecule has 2 rings (SSSR count). The fourth-order valence-corrected chi connectivity index (χ4v) is 2.79. The van der Waals surface area contributed by atoms with E-state index < -0.39 is 0 Å². The Labute approximate surface area is 122 Å². The summed E-state index contributed by atoms with van der Waals surface area (Å²) in [5, 5.41) is 0. The number of rotatable bonds is 3. The van der Waals surface area contributed by atoms with E-state index in [9.17, 15) is 4.79 Å². The van der Waals surface area contributed by atoms with Crippen molar-refractivity contribution >= 4 is 21.8 Å². The molecule has 1 saturated heterocycles. The Morgan fingerprint density at radius 3 is 2.89 bits per heavy atom. The first-order valence-corrected chi connectivity index (χ1v) is 7.12. The third-order valence-electron chi connectivity index (χ3n) is 3.39. The molecule has 6 heteroatoms. The summed E-state index contributed by atoms with van der Waals surface area (Å²) in [5.41, 5.74) is 1.09. The van der Waals surface area contributed by atoms with Crippen LogP contribution in [0, 0.1) is 0 Å². The number of ether oxygens (including phenoxy) is 1. The lowest BCUT2D eigenvalue weighted by molar-refractivity contribution is -0.148. The summed E-state index contributed by atoms with van der Waals surface area (Å²) in [4.78, 5) is 16.2. The van der Waals surface area contributed by atoms with Crippen molar-refractivity contribution in [3.05, 3.63) is 22.4 Å². The van der Waals surface area contributed by atoms with Crippen molar-refractivity contribution < 1.29 is 9.53 Å². The maximum Gasteiger partial charge on any atom is 0.253 e. The molecule has 0 aromatic carbocycles. The Balaban J connectivity index is 1.97. The zero-order valence-corrected chi connectivity index (χ0v) is 13.2. The number of morpholine rings is 1. The van der Waals surface area contributed by atoms with E-state index in [1.165, 1.54) is 0 Å². The summed E-state index contributed by atoms with van der Waals surface area (Å²) in [7, 11) is 5.81. The Morgan fingerprint density at radius 2 is 2.32 bits per heavy atom. The van der Waals surface area contributed by atoms with Gasteiger partial charge in [-0.25, -0.2) is 0 Å². The van der Waals surface area contributed by atoms with E-state index >= 15 is 0 Å². The minimum absolute atomic E-state index is 0.0453. The van der Waals surface area contributed by atoms with Crippen LogP contribution in [0.25, 0.3) is 0 Å². The normalized spacial score (nSPS) is 20.5. The quantitative estimate of drug-likeness (QED) is 0.832. The number of nitrogens with zero attached hydrogens (tertiary/aromatic N) is 3. The zero-order chi connectivity index (χ0) is 14.0. The summed E-state index contributed by atoms with van der Waals surface area (Å²) in [6, 6.07) is 2.03. The SMILES string of the molecule is CN1CCO[C@@H](C(=O)N(C)Cc2cc(Br)cn2C)C1. The predicted molar refractivity (Wildman–Crippen MR) is 76.8 cm³/mol. The molecule has 1 aliphatic rings. The Kier molecular flexibility index (Phi) is 4.65. The summed E-state index contributed by atoms with van der Waals surface area (Å²) < 4.78 is 8.60. The fraction of sp³-hybridized carbons (Fsp3) is 0.615. The molecule has 0 spiro atoms. The summed E-state index contributed by atoms with van der Waals surface area (Å²) >= 11 is 3.44. The van der Waals surface area contributed by atoms with Gasteiger partial charge in [0.25, 0.3) is 5.91 Å². The summed E-state index contributed by atoms with van der Waals surface area (Å²) in [6.07, 6.45) is 1.64. The van der Waals surface area contributed by atoms with Crippen LogP contribution in [-0.2, 0) is 23.1 Å². The molecular formula is C13H20BrN3O2. The van der Waals surface area contributed by atoms with Crippen LogP contribution in [-0.4, -0.2) is 60.2 Å². The first kappa shape index (κ1) is 14.6. The molecule has 1 atom stereocenters. The lowest BCUT2D eigenvalue weighted by Gasteiger charge is -2.31. The standard InChI is InChI=1S/C13H20BrN3O2/c1-15-4-5-19-12(9-15)13(18)17(3)8-11-6-10(14)7-16(11)2/h6-7,12H,4-5,8-9H2,1-3H3/t12-/m1/s1. The average molecular weight is 330 g/mol. The van der Waals surface area contributed by atoms with Gasteiger partial charge in [-0.2, -0.15) is 0 Å². The van der Waals surface area contributed by atoms with Gasteiger partial charge in [-0.05, 0) is 29.0 Å². The third-order valence-corrected chi connectivity index (χ3v) is 3.83. The fourth-order valence-electron chi connectivity index (χ4n) is 2.22. The van der Waals surface area contributed by atoms with Gasteiger partial charge in [-0.3, -0.25) is 4.79 Å². The molecule has 2 heterocycles. The largest absolute Gasteiger partial charge is 0.366 e. The molecular weight excluding hydrogens is 310 g/mol. The molecule has 0 N–H and O–H groups in total. The molecule has 0 saturated carbocycles. The highest BCUT2D eigenvalue weighted by Gasteiger charge is 2.27. The lowest BCUT2D eigenvalue weighted by atomic mass is 10.2. The monoisotopic (exact) mass is 329 g/mol. The van der Waals surface area contributed by atoms with Crippen LogP contribution in [0.3, 0.4) is 0 Å². The number of aromatic nitrogens is 1. The second-order valence-corrected chi connectivity index (χ2v) is 5.99. The topological polar surface area (TPSA) is 37.7 Å². The van der Waals surface area contributed by atoms with Crippen LogP contribution >= 0.6 is 15.9 Å². The number of carbonyl (C=O) groups is 1. The molecule has 5 nitrogen and oxygen atoms in total. The first-order valence-electron chi connectivity index (χ1n) is 6.33. The Morgan fingerprint density at radius 1 is 1.58 bits per heavy atom. The van der Waals surface area contributed by atoms with E-state index in [0.29, 0.717) is 19.7 Å². The number of carbonyl (C=O) groups excluding carboxylic acids is 1. The minimum atomic E-state index is -0.340. The number of likely N-dealkylation sites (N-methyl/N-ethyl adjacent to an activating group) is 2. The van der Waals surface area contributed by atoms with Crippen molar-refractivity contribution in [2.75, 3.05) is 33.8 Å². The maximum absolute atomic E-state index is 12.3. The van der Waals surface area contributed by atoms with Gasteiger partial charge in [0.2, 0.25) is 0 Å². The van der Waals surface area contributed by atoms with Crippen LogP contribution < -0.4 is 0 Å². The number of aryl methyl sites for hydroxylation is 1. The Bertz CT molecular complexity index is 461. The predicted octanol–water partition coefficient (Wildman–Crippen LogP) is 1.08. The summed E-state index contributed by atoms with van der Waals surface area (Å²) in [5.74, 6) is 0.0453. The zero-order valence-electron chi connectivity index (χ0n) is 11.6. The smallest absolute Gasteiger partial charge is 0.253 e. The second-order valence-electron chi connectivity index (χ2n) is 5.08. The van der Waals surface area contributed by atoms with E-state index in [1.54, 1.807) is 4.90 Å². The van der Waals surface area contributed by atoms with E-state index in [0.717, 1.165) is 16.7 Å². The molecule has 1 aliphatic heterocycles. The van der Waals surface area contributed by atoms with Gasteiger partial charge in [0.1, 0.15) is 6.10 Å². The van der Waals surface area contributed by atoms with Crippen LogP contribution in [0.1, 0.15) is 5.69 Å². The molecule has 1 aromatic heterocycles. The molecule has 1 fully saturated rings. The number of hydrogen-bond acceptors (Lipinski definition) is 3. The van der Waals surface area contributed by atoms with Crippen molar-refractivity contribution in [3.8, 4) is 0 Å². The summed E-state index contributed by atoms with van der Waals surface area (Å²) in [6.45, 7) is 2.76. The Hall–Kier alpha value is -0.850. The number of hydrogen-bond donors (Lipinski definition) is 0. The van der Waals surface area contributed by atoms with E-state index in [2.05, 4.69) is 20.8 Å². The van der Waals surface area contributed by atoms with Crippen molar-refractivity contribution in [2.24, 2.45) is 7.05 Å². The lowest BCUT2D eigenvalue weighted by Crippen LogP contribution is -2.48. The molecule has 1 aromatic rings. The third kappa shape index (κ3) is 3.58. The van der Waals surface area contributed by atoms with Crippen LogP contribution in [0.5, 0.6) is 0 Å². The van der Waals surface area contributed by atoms with Gasteiger partial charge in [0.05, 0.1) is 13.2 Å². The minimum Gasteiger partial charge on any atom is -0.366 e. The molecule has 0 radical (unpaired) electrons. The van der Waals surface area contributed by atoms with Crippen molar-refractivity contribution in [3.63, 3.8) is 0 Å². The van der Waals surface area contributed by atoms with Gasteiger partial charge in [0.15, 0.2) is 0 Å². The highest BCUT2D eigenvalue weighted by Crippen LogP contribution is 2.16. The van der Waals surface area contributed by atoms with Gasteiger partial charge >= 0.3 is 0 Å². The van der Waals surface area contributed by atoms with Gasteiger partial charge in [-0.1, -0.05) is 0 Å². The van der Waals surface area contributed by atoms with E-state index in [-0.39, 0.29) is 12.0 Å². The molecule has 0 aliphatic carbocycles. The van der Waals surface area contributed by atoms with Crippen molar-refractivity contribution in [2.45, 2.75) is 12.6 Å². The molecule has 1 amide bonds. The molecule has 106 valence electrons. The van der Waals surface area contributed by atoms with Gasteiger partial charge in [-0.15, -0.1) is 0 Å². The van der Waals surface area contributed by atoms with Gasteiger partial charge in [0, 0.05) is 43.5 Å². The molecule has 19 heavy (non-hydrogen) atoms. The van der Waals surface area contributed by atoms with Crippen molar-refractivity contribution in [1.82, 2.24) is 14.4 Å². The van der Waals surface area contributed by atoms with Crippen LogP contribution in [0.15, 0.2) is 16.7 Å². The molecule has 0 bridgehead atoms. The molecule has 0 unspecified atom stereocenters. The van der Waals surface area contributed by atoms with E-state index in [1.807, 2.05) is 38.0 Å². The highest BCUT2D eigenvalue weighted by molar-refractivity contribution is 9.10. The van der Waals surface area contributed by atoms with Gasteiger partial charge < -0.3 is 19.1 Å².